The van der Waals surface area contributed by atoms with Gasteiger partial charge in [-0.05, 0) is 48.5 Å². The Bertz CT molecular complexity index is 1080. The maximum atomic E-state index is 13.0. The number of ketones is 1. The normalized spacial score (nSPS) is 43.1. The predicted octanol–water partition coefficient (Wildman–Crippen LogP) is 5.44. The molecule has 3 fully saturated rings. The van der Waals surface area contributed by atoms with E-state index in [0.717, 1.165) is 30.5 Å². The summed E-state index contributed by atoms with van der Waals surface area (Å²) in [7, 11) is 0. The van der Waals surface area contributed by atoms with Crippen LogP contribution in [0.3, 0.4) is 0 Å². The van der Waals surface area contributed by atoms with E-state index < -0.39 is 28.5 Å². The molecule has 3 aliphatic carbocycles. The molecule has 34 heavy (non-hydrogen) atoms. The molecule has 4 aliphatic rings. The van der Waals surface area contributed by atoms with Crippen molar-refractivity contribution in [3.05, 3.63) is 28.2 Å². The number of rotatable bonds is 2. The number of ether oxygens (including phenoxy) is 2. The third kappa shape index (κ3) is 3.04. The van der Waals surface area contributed by atoms with Crippen molar-refractivity contribution >= 4 is 29.1 Å². The highest BCUT2D eigenvalue weighted by Gasteiger charge is 2.69. The van der Waals surface area contributed by atoms with Crippen molar-refractivity contribution in [3.63, 3.8) is 0 Å². The molecular weight excluding hydrogens is 450 g/mol. The smallest absolute Gasteiger partial charge is 0.331 e. The number of thiazole rings is 1. The second-order valence-corrected chi connectivity index (χ2v) is 12.8. The zero-order valence-electron chi connectivity index (χ0n) is 21.0. The molecule has 5 rings (SSSR count). The van der Waals surface area contributed by atoms with Crippen LogP contribution in [0.1, 0.15) is 85.4 Å². The lowest BCUT2D eigenvalue weighted by atomic mass is 9.37. The summed E-state index contributed by atoms with van der Waals surface area (Å²) < 4.78 is 12.0. The Morgan fingerprint density at radius 3 is 2.53 bits per heavy atom. The molecule has 0 aromatic carbocycles. The van der Waals surface area contributed by atoms with Gasteiger partial charge in [-0.1, -0.05) is 34.6 Å². The molecule has 1 aliphatic heterocycles. The Balaban J connectivity index is 1.68. The first-order chi connectivity index (χ1) is 15.8. The molecule has 7 heteroatoms. The van der Waals surface area contributed by atoms with Crippen LogP contribution in [-0.4, -0.2) is 28.8 Å². The van der Waals surface area contributed by atoms with E-state index in [0.29, 0.717) is 18.6 Å². The quantitative estimate of drug-likeness (QED) is 0.519. The van der Waals surface area contributed by atoms with Gasteiger partial charge < -0.3 is 9.47 Å². The molecule has 0 saturated heterocycles. The van der Waals surface area contributed by atoms with Crippen LogP contribution in [0.5, 0.6) is 0 Å². The first-order valence-electron chi connectivity index (χ1n) is 12.4. The third-order valence-corrected chi connectivity index (χ3v) is 10.8. The Labute approximate surface area is 205 Å². The predicted molar refractivity (Wildman–Crippen MR) is 128 cm³/mol. The zero-order valence-corrected chi connectivity index (χ0v) is 21.8. The van der Waals surface area contributed by atoms with Crippen LogP contribution >= 0.6 is 11.3 Å². The molecule has 0 bridgehead atoms. The molecular formula is C27H35NO5S. The average Bonchev–Trinajstić information content (AvgIpc) is 3.28. The number of cyclic esters (lactones) is 1. The highest BCUT2D eigenvalue weighted by atomic mass is 32.1. The van der Waals surface area contributed by atoms with Crippen molar-refractivity contribution < 1.29 is 23.9 Å². The highest BCUT2D eigenvalue weighted by molar-refractivity contribution is 7.07. The maximum absolute atomic E-state index is 13.0. The number of carbonyl (C=O) groups is 3. The fourth-order valence-electron chi connectivity index (χ4n) is 8.53. The van der Waals surface area contributed by atoms with Crippen LogP contribution in [0.15, 0.2) is 22.5 Å². The Morgan fingerprint density at radius 2 is 1.88 bits per heavy atom. The lowest BCUT2D eigenvalue weighted by Gasteiger charge is -2.68. The minimum Gasteiger partial charge on any atom is -0.462 e. The van der Waals surface area contributed by atoms with E-state index in [1.54, 1.807) is 11.6 Å². The molecule has 184 valence electrons. The van der Waals surface area contributed by atoms with Crippen LogP contribution in [0.4, 0.5) is 0 Å². The molecule has 7 atom stereocenters. The number of esters is 2. The Hall–Kier alpha value is -2.02. The SMILES string of the molecule is CC(=O)OC1CC2C(C)(C)C(=O)CCC2(C)C2CCC3(C)C(=CC(=O)OC3c3cscn3)C12C. The van der Waals surface area contributed by atoms with E-state index in [1.165, 1.54) is 18.3 Å². The van der Waals surface area contributed by atoms with Crippen molar-refractivity contribution in [1.82, 2.24) is 4.98 Å². The van der Waals surface area contributed by atoms with Crippen molar-refractivity contribution in [2.24, 2.45) is 33.5 Å². The first-order valence-corrected chi connectivity index (χ1v) is 13.3. The van der Waals surface area contributed by atoms with E-state index in [2.05, 4.69) is 39.6 Å². The second-order valence-electron chi connectivity index (χ2n) is 12.1. The van der Waals surface area contributed by atoms with Gasteiger partial charge >= 0.3 is 11.9 Å². The monoisotopic (exact) mass is 485 g/mol. The lowest BCUT2D eigenvalue weighted by Crippen LogP contribution is -2.66. The second kappa shape index (κ2) is 7.49. The van der Waals surface area contributed by atoms with Crippen molar-refractivity contribution in [3.8, 4) is 0 Å². The molecule has 0 amide bonds. The zero-order chi connectivity index (χ0) is 24.7. The number of fused-ring (bicyclic) bond motifs is 5. The third-order valence-electron chi connectivity index (χ3n) is 10.2. The molecule has 6 nitrogen and oxygen atoms in total. The van der Waals surface area contributed by atoms with Crippen molar-refractivity contribution in [1.29, 1.82) is 0 Å². The molecule has 0 N–H and O–H groups in total. The molecule has 0 radical (unpaired) electrons. The summed E-state index contributed by atoms with van der Waals surface area (Å²) in [6.07, 6.45) is 4.58. The van der Waals surface area contributed by atoms with Gasteiger partial charge in [0, 0.05) is 41.0 Å². The van der Waals surface area contributed by atoms with E-state index in [9.17, 15) is 14.4 Å². The van der Waals surface area contributed by atoms with Gasteiger partial charge in [0.05, 0.1) is 11.2 Å². The number of aromatic nitrogens is 1. The van der Waals surface area contributed by atoms with Crippen LogP contribution in [0.25, 0.3) is 0 Å². The van der Waals surface area contributed by atoms with Gasteiger partial charge in [-0.15, -0.1) is 11.3 Å². The van der Waals surface area contributed by atoms with Crippen LogP contribution in [-0.2, 0) is 23.9 Å². The summed E-state index contributed by atoms with van der Waals surface area (Å²) in [6.45, 7) is 12.3. The minimum atomic E-state index is -0.534. The van der Waals surface area contributed by atoms with E-state index in [4.69, 9.17) is 9.47 Å². The van der Waals surface area contributed by atoms with Crippen LogP contribution in [0, 0.1) is 33.5 Å². The van der Waals surface area contributed by atoms with Gasteiger partial charge in [0.15, 0.2) is 6.10 Å². The van der Waals surface area contributed by atoms with Gasteiger partial charge in [-0.3, -0.25) is 9.59 Å². The van der Waals surface area contributed by atoms with Gasteiger partial charge in [0.25, 0.3) is 0 Å². The molecule has 2 heterocycles. The summed E-state index contributed by atoms with van der Waals surface area (Å²) in [5.41, 5.74) is 2.03. The lowest BCUT2D eigenvalue weighted by molar-refractivity contribution is -0.210. The molecule has 3 saturated carbocycles. The number of nitrogens with zero attached hydrogens (tertiary/aromatic N) is 1. The molecule has 1 aromatic rings. The number of carbonyl (C=O) groups excluding carboxylic acids is 3. The summed E-state index contributed by atoms with van der Waals surface area (Å²) in [6, 6.07) is 0. The van der Waals surface area contributed by atoms with Gasteiger partial charge in [-0.25, -0.2) is 9.78 Å². The van der Waals surface area contributed by atoms with Crippen molar-refractivity contribution in [2.75, 3.05) is 0 Å². The highest BCUT2D eigenvalue weighted by Crippen LogP contribution is 2.72. The maximum Gasteiger partial charge on any atom is 0.331 e. The van der Waals surface area contributed by atoms with Gasteiger partial charge in [0.2, 0.25) is 0 Å². The summed E-state index contributed by atoms with van der Waals surface area (Å²) >= 11 is 1.49. The summed E-state index contributed by atoms with van der Waals surface area (Å²) in [4.78, 5) is 42.8. The van der Waals surface area contributed by atoms with E-state index in [-0.39, 0.29) is 29.2 Å². The molecule has 1 aromatic heterocycles. The minimum absolute atomic E-state index is 0.0948. The van der Waals surface area contributed by atoms with Crippen LogP contribution in [0.2, 0.25) is 0 Å². The molecule has 7 unspecified atom stereocenters. The van der Waals surface area contributed by atoms with Crippen LogP contribution < -0.4 is 0 Å². The van der Waals surface area contributed by atoms with Gasteiger partial charge in [0.1, 0.15) is 11.9 Å². The fourth-order valence-corrected chi connectivity index (χ4v) is 9.10. The van der Waals surface area contributed by atoms with E-state index >= 15 is 0 Å². The Morgan fingerprint density at radius 1 is 1.15 bits per heavy atom. The molecule has 0 spiro atoms. The fraction of sp³-hybridized carbons (Fsp3) is 0.704. The van der Waals surface area contributed by atoms with Crippen molar-refractivity contribution in [2.45, 2.75) is 85.9 Å². The topological polar surface area (TPSA) is 82.6 Å². The summed E-state index contributed by atoms with van der Waals surface area (Å²) in [5, 5.41) is 1.96. The van der Waals surface area contributed by atoms with Gasteiger partial charge in [-0.2, -0.15) is 0 Å². The number of Topliss-reactive ketones (excluding diaryl/α,β-unsaturated/α-hetero) is 1. The van der Waals surface area contributed by atoms with E-state index in [1.807, 2.05) is 5.38 Å². The first kappa shape index (κ1) is 23.7. The number of hydrogen-bond acceptors (Lipinski definition) is 7. The standard InChI is InChI=1S/C27H35NO5S/c1-15(29)32-21-11-18-24(2,3)20(30)8-10-25(18,4)17-7-9-26(5)19(27(17,21)6)12-22(31)33-23(26)16-13-34-14-28-16/h12-14,17-18,21,23H,7-11H2,1-6H3. The summed E-state index contributed by atoms with van der Waals surface area (Å²) in [5.74, 6) is -0.101. The average molecular weight is 486 g/mol. The Kier molecular flexibility index (Phi) is 5.22. The largest absolute Gasteiger partial charge is 0.462 e. The number of hydrogen-bond donors (Lipinski definition) is 0.